The molecule has 5 heteroatoms. The maximum atomic E-state index is 11.8. The molecule has 0 saturated heterocycles. The SMILES string of the molecule is C[C@@H](O)CNC(=O)NCc1ccccc1-c1ccc(CN(C)C)cc1. The molecule has 2 amide bonds. The number of amides is 2. The molecule has 0 heterocycles. The van der Waals surface area contributed by atoms with Gasteiger partial charge < -0.3 is 20.6 Å². The molecule has 0 aliphatic rings. The molecular formula is C20H27N3O2. The molecule has 0 saturated carbocycles. The topological polar surface area (TPSA) is 64.6 Å². The largest absolute Gasteiger partial charge is 0.392 e. The van der Waals surface area contributed by atoms with Gasteiger partial charge in [0.05, 0.1) is 6.10 Å². The van der Waals surface area contributed by atoms with E-state index in [9.17, 15) is 9.90 Å². The van der Waals surface area contributed by atoms with Crippen LogP contribution in [-0.4, -0.2) is 42.8 Å². The summed E-state index contributed by atoms with van der Waals surface area (Å²) in [4.78, 5) is 13.9. The molecule has 3 N–H and O–H groups in total. The van der Waals surface area contributed by atoms with Crippen LogP contribution in [0.1, 0.15) is 18.1 Å². The summed E-state index contributed by atoms with van der Waals surface area (Å²) in [5.41, 5.74) is 4.55. The summed E-state index contributed by atoms with van der Waals surface area (Å²) in [6.45, 7) is 3.21. The summed E-state index contributed by atoms with van der Waals surface area (Å²) >= 11 is 0. The Balaban J connectivity index is 2.06. The first kappa shape index (κ1) is 19.0. The van der Waals surface area contributed by atoms with Crippen molar-refractivity contribution in [2.75, 3.05) is 20.6 Å². The van der Waals surface area contributed by atoms with Crippen molar-refractivity contribution in [3.8, 4) is 11.1 Å². The third kappa shape index (κ3) is 6.21. The molecule has 0 aliphatic heterocycles. The smallest absolute Gasteiger partial charge is 0.315 e. The normalized spacial score (nSPS) is 12.0. The maximum Gasteiger partial charge on any atom is 0.315 e. The highest BCUT2D eigenvalue weighted by molar-refractivity contribution is 5.74. The van der Waals surface area contributed by atoms with Crippen molar-refractivity contribution in [2.45, 2.75) is 26.1 Å². The monoisotopic (exact) mass is 341 g/mol. The number of nitrogens with one attached hydrogen (secondary N) is 2. The van der Waals surface area contributed by atoms with Gasteiger partial charge in [0.15, 0.2) is 0 Å². The van der Waals surface area contributed by atoms with Gasteiger partial charge in [0, 0.05) is 19.6 Å². The molecule has 0 fully saturated rings. The van der Waals surface area contributed by atoms with Gasteiger partial charge in [0.2, 0.25) is 0 Å². The number of carbonyl (C=O) groups excluding carboxylic acids is 1. The van der Waals surface area contributed by atoms with Crippen LogP contribution in [0.3, 0.4) is 0 Å². The number of rotatable bonds is 7. The Kier molecular flexibility index (Phi) is 6.98. The van der Waals surface area contributed by atoms with Crippen molar-refractivity contribution in [3.63, 3.8) is 0 Å². The van der Waals surface area contributed by atoms with E-state index >= 15 is 0 Å². The lowest BCUT2D eigenvalue weighted by Crippen LogP contribution is -2.38. The number of aliphatic hydroxyl groups excluding tert-OH is 1. The predicted molar refractivity (Wildman–Crippen MR) is 101 cm³/mol. The Morgan fingerprint density at radius 3 is 2.40 bits per heavy atom. The Bertz CT molecular complexity index is 682. The minimum atomic E-state index is -0.557. The van der Waals surface area contributed by atoms with Crippen molar-refractivity contribution < 1.29 is 9.90 Å². The number of aliphatic hydroxyl groups is 1. The first-order valence-electron chi connectivity index (χ1n) is 8.47. The lowest BCUT2D eigenvalue weighted by atomic mass is 9.98. The Morgan fingerprint density at radius 2 is 1.76 bits per heavy atom. The van der Waals surface area contributed by atoms with E-state index in [1.807, 2.05) is 18.2 Å². The Hall–Kier alpha value is -2.37. The molecule has 134 valence electrons. The summed E-state index contributed by atoms with van der Waals surface area (Å²) in [6, 6.07) is 16.3. The third-order valence-electron chi connectivity index (χ3n) is 3.78. The van der Waals surface area contributed by atoms with Crippen molar-refractivity contribution in [1.29, 1.82) is 0 Å². The lowest BCUT2D eigenvalue weighted by Gasteiger charge is -2.13. The van der Waals surface area contributed by atoms with E-state index < -0.39 is 6.10 Å². The van der Waals surface area contributed by atoms with Gasteiger partial charge in [0.1, 0.15) is 0 Å². The summed E-state index contributed by atoms with van der Waals surface area (Å²) in [7, 11) is 4.11. The van der Waals surface area contributed by atoms with Gasteiger partial charge >= 0.3 is 6.03 Å². The van der Waals surface area contributed by atoms with Gasteiger partial charge in [0.25, 0.3) is 0 Å². The molecule has 5 nitrogen and oxygen atoms in total. The number of nitrogens with zero attached hydrogens (tertiary/aromatic N) is 1. The van der Waals surface area contributed by atoms with Crippen LogP contribution in [0.5, 0.6) is 0 Å². The van der Waals surface area contributed by atoms with Crippen LogP contribution < -0.4 is 10.6 Å². The zero-order chi connectivity index (χ0) is 18.2. The molecule has 2 aromatic rings. The lowest BCUT2D eigenvalue weighted by molar-refractivity contribution is 0.187. The Morgan fingerprint density at radius 1 is 1.08 bits per heavy atom. The molecule has 0 spiro atoms. The molecule has 2 rings (SSSR count). The third-order valence-corrected chi connectivity index (χ3v) is 3.78. The molecule has 0 aromatic heterocycles. The van der Waals surface area contributed by atoms with E-state index in [0.29, 0.717) is 6.54 Å². The van der Waals surface area contributed by atoms with Crippen molar-refractivity contribution >= 4 is 6.03 Å². The van der Waals surface area contributed by atoms with Crippen LogP contribution >= 0.6 is 0 Å². The van der Waals surface area contributed by atoms with Gasteiger partial charge in [-0.25, -0.2) is 4.79 Å². The highest BCUT2D eigenvalue weighted by atomic mass is 16.3. The fourth-order valence-electron chi connectivity index (χ4n) is 2.59. The average molecular weight is 341 g/mol. The van der Waals surface area contributed by atoms with Gasteiger partial charge in [-0.15, -0.1) is 0 Å². The number of hydrogen-bond donors (Lipinski definition) is 3. The van der Waals surface area contributed by atoms with Crippen LogP contribution in [0.2, 0.25) is 0 Å². The summed E-state index contributed by atoms with van der Waals surface area (Å²) < 4.78 is 0. The second kappa shape index (κ2) is 9.20. The standard InChI is InChI=1S/C20H27N3O2/c1-15(24)12-21-20(25)22-13-18-6-4-5-7-19(18)17-10-8-16(9-11-17)14-23(2)3/h4-11,15,24H,12-14H2,1-3H3,(H2,21,22,25)/t15-/m1/s1. The minimum Gasteiger partial charge on any atom is -0.392 e. The molecule has 1 atom stereocenters. The van der Waals surface area contributed by atoms with Gasteiger partial charge in [-0.3, -0.25) is 0 Å². The van der Waals surface area contributed by atoms with Crippen LogP contribution in [0.4, 0.5) is 4.79 Å². The highest BCUT2D eigenvalue weighted by Crippen LogP contribution is 2.24. The highest BCUT2D eigenvalue weighted by Gasteiger charge is 2.07. The maximum absolute atomic E-state index is 11.8. The van der Waals surface area contributed by atoms with Crippen molar-refractivity contribution in [3.05, 3.63) is 59.7 Å². The number of carbonyl (C=O) groups is 1. The van der Waals surface area contributed by atoms with Crippen LogP contribution in [0.25, 0.3) is 11.1 Å². The van der Waals surface area contributed by atoms with Gasteiger partial charge in [-0.05, 0) is 43.3 Å². The summed E-state index contributed by atoms with van der Waals surface area (Å²) in [6.07, 6.45) is -0.557. The average Bonchev–Trinajstić information content (AvgIpc) is 2.58. The minimum absolute atomic E-state index is 0.237. The van der Waals surface area contributed by atoms with E-state index in [1.54, 1.807) is 6.92 Å². The first-order chi connectivity index (χ1) is 12.0. The van der Waals surface area contributed by atoms with E-state index in [0.717, 1.165) is 23.2 Å². The molecule has 2 aromatic carbocycles. The number of urea groups is 1. The second-order valence-electron chi connectivity index (χ2n) is 6.50. The first-order valence-corrected chi connectivity index (χ1v) is 8.47. The number of benzene rings is 2. The van der Waals surface area contributed by atoms with E-state index in [-0.39, 0.29) is 12.6 Å². The zero-order valence-corrected chi connectivity index (χ0v) is 15.1. The van der Waals surface area contributed by atoms with Crippen LogP contribution in [0, 0.1) is 0 Å². The fraction of sp³-hybridized carbons (Fsp3) is 0.350. The molecule has 0 bridgehead atoms. The van der Waals surface area contributed by atoms with Gasteiger partial charge in [-0.1, -0.05) is 48.5 Å². The molecular weight excluding hydrogens is 314 g/mol. The second-order valence-corrected chi connectivity index (χ2v) is 6.50. The zero-order valence-electron chi connectivity index (χ0n) is 15.1. The van der Waals surface area contributed by atoms with E-state index in [1.165, 1.54) is 5.56 Å². The van der Waals surface area contributed by atoms with Crippen molar-refractivity contribution in [2.24, 2.45) is 0 Å². The van der Waals surface area contributed by atoms with Crippen LogP contribution in [0.15, 0.2) is 48.5 Å². The molecule has 0 aliphatic carbocycles. The van der Waals surface area contributed by atoms with Crippen LogP contribution in [-0.2, 0) is 13.1 Å². The predicted octanol–water partition coefficient (Wildman–Crippen LogP) is 2.60. The number of hydrogen-bond acceptors (Lipinski definition) is 3. The molecule has 25 heavy (non-hydrogen) atoms. The van der Waals surface area contributed by atoms with E-state index in [4.69, 9.17) is 0 Å². The summed E-state index contributed by atoms with van der Waals surface area (Å²) in [5, 5.41) is 14.7. The molecule has 0 radical (unpaired) electrons. The van der Waals surface area contributed by atoms with E-state index in [2.05, 4.69) is 60.0 Å². The summed E-state index contributed by atoms with van der Waals surface area (Å²) in [5.74, 6) is 0. The quantitative estimate of drug-likeness (QED) is 0.725. The fourth-order valence-corrected chi connectivity index (χ4v) is 2.59. The van der Waals surface area contributed by atoms with Crippen molar-refractivity contribution in [1.82, 2.24) is 15.5 Å². The van der Waals surface area contributed by atoms with Gasteiger partial charge in [-0.2, -0.15) is 0 Å². The Labute approximate surface area is 149 Å². The molecule has 0 unspecified atom stereocenters.